The van der Waals surface area contributed by atoms with E-state index in [1.807, 2.05) is 36.4 Å². The van der Waals surface area contributed by atoms with E-state index < -0.39 is 11.4 Å². The van der Waals surface area contributed by atoms with Gasteiger partial charge in [-0.25, -0.2) is 4.39 Å². The Morgan fingerprint density at radius 2 is 1.84 bits per heavy atom. The summed E-state index contributed by atoms with van der Waals surface area (Å²) < 4.78 is 20.6. The van der Waals surface area contributed by atoms with Crippen LogP contribution in [0.15, 0.2) is 48.5 Å². The van der Waals surface area contributed by atoms with Gasteiger partial charge in [0.05, 0.1) is 5.60 Å². The average molecular weight is 427 g/mol. The Bertz CT molecular complexity index is 839. The summed E-state index contributed by atoms with van der Waals surface area (Å²) in [5.74, 6) is 0.00244. The molecule has 2 unspecified atom stereocenters. The van der Waals surface area contributed by atoms with Crippen molar-refractivity contribution in [2.75, 3.05) is 39.8 Å². The molecule has 1 saturated carbocycles. The summed E-state index contributed by atoms with van der Waals surface area (Å²) in [5.41, 5.74) is 0.741. The molecule has 4 nitrogen and oxygen atoms in total. The molecule has 0 radical (unpaired) electrons. The zero-order chi connectivity index (χ0) is 21.7. The van der Waals surface area contributed by atoms with Crippen LogP contribution in [0.4, 0.5) is 4.39 Å². The van der Waals surface area contributed by atoms with Crippen molar-refractivity contribution in [2.45, 2.75) is 44.3 Å². The normalized spacial score (nSPS) is 25.5. The van der Waals surface area contributed by atoms with Crippen LogP contribution in [0.2, 0.25) is 0 Å². The second-order valence-electron chi connectivity index (χ2n) is 9.22. The molecule has 2 aromatic rings. The van der Waals surface area contributed by atoms with E-state index in [9.17, 15) is 9.50 Å². The van der Waals surface area contributed by atoms with Gasteiger partial charge in [-0.05, 0) is 62.0 Å². The van der Waals surface area contributed by atoms with Crippen LogP contribution in [-0.2, 0) is 12.2 Å². The molecule has 2 atom stereocenters. The van der Waals surface area contributed by atoms with Gasteiger partial charge < -0.3 is 19.6 Å². The SMILES string of the molecule is CN1CCN(CCC2CCCCC2(O)c2ccc(OCc3ccccc3)c(F)c2)CC1. The van der Waals surface area contributed by atoms with Gasteiger partial charge in [0.25, 0.3) is 0 Å². The maximum absolute atomic E-state index is 14.9. The van der Waals surface area contributed by atoms with Crippen LogP contribution >= 0.6 is 0 Å². The van der Waals surface area contributed by atoms with Gasteiger partial charge in [0, 0.05) is 26.2 Å². The number of piperazine rings is 1. The third-order valence-corrected chi connectivity index (χ3v) is 7.09. The number of aliphatic hydroxyl groups is 1. The Balaban J connectivity index is 1.42. The van der Waals surface area contributed by atoms with Crippen molar-refractivity contribution in [3.63, 3.8) is 0 Å². The molecule has 1 heterocycles. The van der Waals surface area contributed by atoms with Crippen LogP contribution < -0.4 is 4.74 Å². The van der Waals surface area contributed by atoms with Gasteiger partial charge in [-0.3, -0.25) is 0 Å². The van der Waals surface area contributed by atoms with Gasteiger partial charge >= 0.3 is 0 Å². The highest BCUT2D eigenvalue weighted by Gasteiger charge is 2.40. The van der Waals surface area contributed by atoms with E-state index in [2.05, 4.69) is 16.8 Å². The molecule has 1 saturated heterocycles. The quantitative estimate of drug-likeness (QED) is 0.711. The first-order valence-corrected chi connectivity index (χ1v) is 11.6. The first-order chi connectivity index (χ1) is 15.0. The topological polar surface area (TPSA) is 35.9 Å². The summed E-state index contributed by atoms with van der Waals surface area (Å²) in [7, 11) is 2.17. The third-order valence-electron chi connectivity index (χ3n) is 7.09. The molecule has 0 aromatic heterocycles. The molecule has 0 spiro atoms. The Hall–Kier alpha value is -1.95. The number of halogens is 1. The summed E-state index contributed by atoms with van der Waals surface area (Å²) in [4.78, 5) is 4.85. The van der Waals surface area contributed by atoms with Crippen molar-refractivity contribution in [2.24, 2.45) is 5.92 Å². The number of hydrogen-bond acceptors (Lipinski definition) is 4. The summed E-state index contributed by atoms with van der Waals surface area (Å²) in [6.07, 6.45) is 4.77. The lowest BCUT2D eigenvalue weighted by atomic mass is 9.70. The molecule has 2 aliphatic rings. The summed E-state index contributed by atoms with van der Waals surface area (Å²) >= 11 is 0. The molecule has 1 aliphatic carbocycles. The van der Waals surface area contributed by atoms with Crippen LogP contribution in [0, 0.1) is 11.7 Å². The van der Waals surface area contributed by atoms with E-state index in [-0.39, 0.29) is 11.7 Å². The molecular weight excluding hydrogens is 391 g/mol. The van der Waals surface area contributed by atoms with Crippen LogP contribution in [0.1, 0.15) is 43.2 Å². The van der Waals surface area contributed by atoms with Crippen molar-refractivity contribution >= 4 is 0 Å². The van der Waals surface area contributed by atoms with Crippen molar-refractivity contribution in [1.29, 1.82) is 0 Å². The van der Waals surface area contributed by atoms with Gasteiger partial charge in [0.15, 0.2) is 11.6 Å². The fourth-order valence-corrected chi connectivity index (χ4v) is 5.02. The zero-order valence-corrected chi connectivity index (χ0v) is 18.6. The Kier molecular flexibility index (Phi) is 7.26. The van der Waals surface area contributed by atoms with E-state index in [0.29, 0.717) is 18.6 Å². The highest BCUT2D eigenvalue weighted by Crippen LogP contribution is 2.44. The Morgan fingerprint density at radius 3 is 2.58 bits per heavy atom. The molecule has 1 N–H and O–H groups in total. The lowest BCUT2D eigenvalue weighted by molar-refractivity contribution is -0.0610. The molecule has 31 heavy (non-hydrogen) atoms. The van der Waals surface area contributed by atoms with Crippen molar-refractivity contribution in [1.82, 2.24) is 9.80 Å². The molecule has 2 fully saturated rings. The highest BCUT2D eigenvalue weighted by molar-refractivity contribution is 5.33. The van der Waals surface area contributed by atoms with Crippen LogP contribution in [-0.4, -0.2) is 54.7 Å². The lowest BCUT2D eigenvalue weighted by Crippen LogP contribution is -2.46. The van der Waals surface area contributed by atoms with Crippen molar-refractivity contribution < 1.29 is 14.2 Å². The maximum atomic E-state index is 14.9. The minimum atomic E-state index is -0.955. The molecule has 0 amide bonds. The van der Waals surface area contributed by atoms with E-state index in [1.165, 1.54) is 6.07 Å². The molecule has 168 valence electrons. The molecule has 1 aliphatic heterocycles. The van der Waals surface area contributed by atoms with Crippen molar-refractivity contribution in [3.05, 3.63) is 65.5 Å². The number of ether oxygens (including phenoxy) is 1. The lowest BCUT2D eigenvalue weighted by Gasteiger charge is -2.42. The fourth-order valence-electron chi connectivity index (χ4n) is 5.02. The molecule has 4 rings (SSSR count). The number of rotatable bonds is 7. The zero-order valence-electron chi connectivity index (χ0n) is 18.6. The molecule has 0 bridgehead atoms. The fraction of sp³-hybridized carbons (Fsp3) is 0.538. The van der Waals surface area contributed by atoms with Gasteiger partial charge in [-0.2, -0.15) is 0 Å². The van der Waals surface area contributed by atoms with Gasteiger partial charge in [0.2, 0.25) is 0 Å². The van der Waals surface area contributed by atoms with E-state index in [0.717, 1.165) is 64.0 Å². The maximum Gasteiger partial charge on any atom is 0.165 e. The Labute approximate surface area is 185 Å². The predicted octanol–water partition coefficient (Wildman–Crippen LogP) is 4.42. The predicted molar refractivity (Wildman–Crippen MR) is 122 cm³/mol. The largest absolute Gasteiger partial charge is 0.486 e. The Morgan fingerprint density at radius 1 is 1.06 bits per heavy atom. The van der Waals surface area contributed by atoms with Gasteiger partial charge in [0.1, 0.15) is 6.61 Å². The van der Waals surface area contributed by atoms with Crippen LogP contribution in [0.25, 0.3) is 0 Å². The number of benzene rings is 2. The molecular formula is C26H35FN2O2. The first kappa shape index (κ1) is 22.3. The van der Waals surface area contributed by atoms with Gasteiger partial charge in [-0.15, -0.1) is 0 Å². The minimum absolute atomic E-state index is 0.163. The van der Waals surface area contributed by atoms with E-state index >= 15 is 0 Å². The molecule has 2 aromatic carbocycles. The van der Waals surface area contributed by atoms with Crippen LogP contribution in [0.3, 0.4) is 0 Å². The number of likely N-dealkylation sites (N-methyl/N-ethyl adjacent to an activating group) is 1. The van der Waals surface area contributed by atoms with Gasteiger partial charge in [-0.1, -0.05) is 49.2 Å². The second-order valence-corrected chi connectivity index (χ2v) is 9.22. The number of hydrogen-bond donors (Lipinski definition) is 1. The van der Waals surface area contributed by atoms with E-state index in [4.69, 9.17) is 4.74 Å². The summed E-state index contributed by atoms with van der Waals surface area (Å²) in [6, 6.07) is 14.8. The summed E-state index contributed by atoms with van der Waals surface area (Å²) in [6.45, 7) is 5.71. The first-order valence-electron chi connectivity index (χ1n) is 11.6. The monoisotopic (exact) mass is 426 g/mol. The van der Waals surface area contributed by atoms with Crippen LogP contribution in [0.5, 0.6) is 5.75 Å². The second kappa shape index (κ2) is 10.1. The average Bonchev–Trinajstić information content (AvgIpc) is 2.79. The third kappa shape index (κ3) is 5.46. The van der Waals surface area contributed by atoms with Crippen molar-refractivity contribution in [3.8, 4) is 5.75 Å². The number of nitrogens with zero attached hydrogens (tertiary/aromatic N) is 2. The summed E-state index contributed by atoms with van der Waals surface area (Å²) in [5, 5.41) is 11.7. The highest BCUT2D eigenvalue weighted by atomic mass is 19.1. The molecule has 5 heteroatoms. The standard InChI is InChI=1S/C26H35FN2O2/c1-28-15-17-29(18-16-28)14-12-22-9-5-6-13-26(22,30)23-10-11-25(24(27)19-23)31-20-21-7-3-2-4-8-21/h2-4,7-8,10-11,19,22,30H,5-6,9,12-18,20H2,1H3. The smallest absolute Gasteiger partial charge is 0.165 e. The van der Waals surface area contributed by atoms with E-state index in [1.54, 1.807) is 6.07 Å². The minimum Gasteiger partial charge on any atom is -0.486 e.